The molecule has 2 rings (SSSR count). The molecule has 0 saturated carbocycles. The molecular weight excluding hydrogens is 301 g/mol. The fraction of sp³-hybridized carbons (Fsp3) is 0.111. The summed E-state index contributed by atoms with van der Waals surface area (Å²) in [5, 5.41) is 2.44. The molecule has 2 N–H and O–H groups in total. The molecular formula is C9H7ClFN3O4S. The molecule has 1 fully saturated rings. The van der Waals surface area contributed by atoms with E-state index in [0.717, 1.165) is 12.1 Å². The Kier molecular flexibility index (Phi) is 3.43. The van der Waals surface area contributed by atoms with Crippen molar-refractivity contribution in [2.75, 3.05) is 6.54 Å². The maximum atomic E-state index is 13.5. The van der Waals surface area contributed by atoms with Gasteiger partial charge in [0.15, 0.2) is 0 Å². The van der Waals surface area contributed by atoms with Gasteiger partial charge in [-0.3, -0.25) is 10.1 Å². The third kappa shape index (κ3) is 2.83. The molecule has 1 heterocycles. The summed E-state index contributed by atoms with van der Waals surface area (Å²) in [4.78, 5) is 23.2. The summed E-state index contributed by atoms with van der Waals surface area (Å²) in [5.41, 5.74) is 0. The van der Waals surface area contributed by atoms with E-state index < -0.39 is 39.2 Å². The topological polar surface area (TPSA) is 95.6 Å². The Hall–Kier alpha value is -1.71. The second-order valence-corrected chi connectivity index (χ2v) is 5.67. The van der Waals surface area contributed by atoms with Crippen LogP contribution in [-0.2, 0) is 14.8 Å². The molecule has 1 saturated heterocycles. The van der Waals surface area contributed by atoms with Crippen molar-refractivity contribution in [2.45, 2.75) is 4.90 Å². The zero-order valence-electron chi connectivity index (χ0n) is 9.18. The minimum atomic E-state index is -4.32. The number of nitrogens with zero attached hydrogens (tertiary/aromatic N) is 1. The van der Waals surface area contributed by atoms with Gasteiger partial charge in [0, 0.05) is 5.02 Å². The predicted molar refractivity (Wildman–Crippen MR) is 62.0 cm³/mol. The first kappa shape index (κ1) is 13.7. The number of urea groups is 1. The average Bonchev–Trinajstić information content (AvgIpc) is 2.55. The SMILES string of the molecule is O=C1CN(NS(=O)(=O)c2ccc(Cl)cc2F)C(=O)N1. The van der Waals surface area contributed by atoms with Crippen LogP contribution in [0.3, 0.4) is 0 Å². The van der Waals surface area contributed by atoms with E-state index in [1.54, 1.807) is 4.83 Å². The number of nitrogens with one attached hydrogen (secondary N) is 2. The Morgan fingerprint density at radius 1 is 1.37 bits per heavy atom. The second-order valence-electron chi connectivity index (χ2n) is 3.61. The summed E-state index contributed by atoms with van der Waals surface area (Å²) in [7, 11) is -4.32. The van der Waals surface area contributed by atoms with E-state index in [1.807, 2.05) is 5.32 Å². The number of hydrazine groups is 1. The van der Waals surface area contributed by atoms with Gasteiger partial charge in [0.2, 0.25) is 5.91 Å². The minimum absolute atomic E-state index is 0.0329. The summed E-state index contributed by atoms with van der Waals surface area (Å²) < 4.78 is 37.2. The number of amides is 3. The Morgan fingerprint density at radius 3 is 2.58 bits per heavy atom. The number of imide groups is 1. The summed E-state index contributed by atoms with van der Waals surface area (Å²) in [6, 6.07) is 2.04. The van der Waals surface area contributed by atoms with Crippen LogP contribution in [-0.4, -0.2) is 31.9 Å². The number of rotatable bonds is 3. The van der Waals surface area contributed by atoms with Gasteiger partial charge in [-0.1, -0.05) is 11.6 Å². The van der Waals surface area contributed by atoms with Crippen LogP contribution in [0.25, 0.3) is 0 Å². The summed E-state index contributed by atoms with van der Waals surface area (Å²) >= 11 is 5.51. The van der Waals surface area contributed by atoms with Gasteiger partial charge in [0.1, 0.15) is 17.3 Å². The number of hydrogen-bond acceptors (Lipinski definition) is 4. The summed E-state index contributed by atoms with van der Waals surface area (Å²) in [6.45, 7) is -0.479. The highest BCUT2D eigenvalue weighted by Gasteiger charge is 2.31. The quantitative estimate of drug-likeness (QED) is 0.781. The monoisotopic (exact) mass is 307 g/mol. The van der Waals surface area contributed by atoms with Crippen molar-refractivity contribution < 1.29 is 22.4 Å². The maximum Gasteiger partial charge on any atom is 0.339 e. The smallest absolute Gasteiger partial charge is 0.275 e. The Labute approximate surface area is 112 Å². The van der Waals surface area contributed by atoms with Gasteiger partial charge in [-0.2, -0.15) is 0 Å². The minimum Gasteiger partial charge on any atom is -0.275 e. The molecule has 0 bridgehead atoms. The van der Waals surface area contributed by atoms with Crippen LogP contribution >= 0.6 is 11.6 Å². The van der Waals surface area contributed by atoms with Crippen LogP contribution < -0.4 is 10.1 Å². The van der Waals surface area contributed by atoms with Gasteiger partial charge < -0.3 is 0 Å². The number of sulfonamides is 1. The van der Waals surface area contributed by atoms with Gasteiger partial charge in [-0.25, -0.2) is 22.6 Å². The van der Waals surface area contributed by atoms with Crippen LogP contribution in [0.5, 0.6) is 0 Å². The second kappa shape index (κ2) is 4.76. The molecule has 0 aliphatic carbocycles. The van der Waals surface area contributed by atoms with Crippen LogP contribution in [0.1, 0.15) is 0 Å². The standard InChI is InChI=1S/C9H7ClFN3O4S/c10-5-1-2-7(6(11)3-5)19(17,18)13-14-4-8(15)12-9(14)16/h1-3,13H,4H2,(H,12,15,16). The van der Waals surface area contributed by atoms with E-state index in [4.69, 9.17) is 11.6 Å². The first-order chi connectivity index (χ1) is 8.79. The number of benzene rings is 1. The zero-order valence-corrected chi connectivity index (χ0v) is 10.8. The largest absolute Gasteiger partial charge is 0.339 e. The van der Waals surface area contributed by atoms with E-state index in [9.17, 15) is 22.4 Å². The number of halogens is 2. The molecule has 19 heavy (non-hydrogen) atoms. The summed E-state index contributed by atoms with van der Waals surface area (Å²) in [6.07, 6.45) is 0. The molecule has 1 aromatic carbocycles. The van der Waals surface area contributed by atoms with Gasteiger partial charge in [0.05, 0.1) is 0 Å². The molecule has 0 unspecified atom stereocenters. The molecule has 0 radical (unpaired) electrons. The first-order valence-electron chi connectivity index (χ1n) is 4.88. The molecule has 102 valence electrons. The molecule has 1 aliphatic heterocycles. The number of carbonyl (C=O) groups is 2. The number of hydrogen-bond donors (Lipinski definition) is 2. The lowest BCUT2D eigenvalue weighted by molar-refractivity contribution is -0.118. The van der Waals surface area contributed by atoms with Gasteiger partial charge in [-0.05, 0) is 18.2 Å². The lowest BCUT2D eigenvalue weighted by atomic mass is 10.3. The highest BCUT2D eigenvalue weighted by molar-refractivity contribution is 7.89. The van der Waals surface area contributed by atoms with E-state index >= 15 is 0 Å². The van der Waals surface area contributed by atoms with Crippen molar-refractivity contribution in [1.29, 1.82) is 0 Å². The first-order valence-corrected chi connectivity index (χ1v) is 6.74. The zero-order chi connectivity index (χ0) is 14.2. The third-order valence-corrected chi connectivity index (χ3v) is 3.81. The van der Waals surface area contributed by atoms with Crippen LogP contribution in [0.2, 0.25) is 5.02 Å². The molecule has 1 aromatic rings. The van der Waals surface area contributed by atoms with Crippen molar-refractivity contribution >= 4 is 33.6 Å². The van der Waals surface area contributed by atoms with Gasteiger partial charge >= 0.3 is 6.03 Å². The fourth-order valence-electron chi connectivity index (χ4n) is 1.40. The van der Waals surface area contributed by atoms with Crippen molar-refractivity contribution in [3.05, 3.63) is 29.0 Å². The van der Waals surface area contributed by atoms with Crippen LogP contribution in [0, 0.1) is 5.82 Å². The Balaban J connectivity index is 2.28. The number of carbonyl (C=O) groups excluding carboxylic acids is 2. The molecule has 0 spiro atoms. The molecule has 10 heteroatoms. The highest BCUT2D eigenvalue weighted by atomic mass is 35.5. The van der Waals surface area contributed by atoms with Crippen molar-refractivity contribution in [3.63, 3.8) is 0 Å². The summed E-state index contributed by atoms with van der Waals surface area (Å²) in [5.74, 6) is -1.73. The van der Waals surface area contributed by atoms with Gasteiger partial charge in [0.25, 0.3) is 10.0 Å². The Bertz CT molecular complexity index is 663. The molecule has 7 nitrogen and oxygen atoms in total. The van der Waals surface area contributed by atoms with Crippen LogP contribution in [0.15, 0.2) is 23.1 Å². The lowest BCUT2D eigenvalue weighted by Gasteiger charge is -2.15. The van der Waals surface area contributed by atoms with Gasteiger partial charge in [-0.15, -0.1) is 4.83 Å². The third-order valence-electron chi connectivity index (χ3n) is 2.21. The lowest BCUT2D eigenvalue weighted by Crippen LogP contribution is -2.44. The Morgan fingerprint density at radius 2 is 2.05 bits per heavy atom. The maximum absolute atomic E-state index is 13.5. The van der Waals surface area contributed by atoms with Crippen molar-refractivity contribution in [1.82, 2.24) is 15.2 Å². The van der Waals surface area contributed by atoms with E-state index in [-0.39, 0.29) is 5.02 Å². The van der Waals surface area contributed by atoms with E-state index in [0.29, 0.717) is 5.01 Å². The van der Waals surface area contributed by atoms with Crippen molar-refractivity contribution in [3.8, 4) is 0 Å². The van der Waals surface area contributed by atoms with Crippen molar-refractivity contribution in [2.24, 2.45) is 0 Å². The van der Waals surface area contributed by atoms with E-state index in [2.05, 4.69) is 0 Å². The molecule has 3 amide bonds. The fourth-order valence-corrected chi connectivity index (χ4v) is 2.66. The van der Waals surface area contributed by atoms with Crippen LogP contribution in [0.4, 0.5) is 9.18 Å². The average molecular weight is 308 g/mol. The molecule has 0 aromatic heterocycles. The highest BCUT2D eigenvalue weighted by Crippen LogP contribution is 2.19. The molecule has 0 atom stereocenters. The molecule has 1 aliphatic rings. The predicted octanol–water partition coefficient (Wildman–Crippen LogP) is 0.224. The van der Waals surface area contributed by atoms with E-state index in [1.165, 1.54) is 6.07 Å². The normalized spacial score (nSPS) is 15.8.